The van der Waals surface area contributed by atoms with Gasteiger partial charge in [-0.3, -0.25) is 9.69 Å². The van der Waals surface area contributed by atoms with Crippen LogP contribution in [-0.2, 0) is 16.0 Å². The molecule has 1 aromatic rings. The molecule has 5 heteroatoms. The molecular weight excluding hydrogens is 316 g/mol. The van der Waals surface area contributed by atoms with Crippen LogP contribution in [0.15, 0.2) is 24.3 Å². The fraction of sp³-hybridized carbons (Fsp3) is 0.650. The molecule has 2 aliphatic rings. The zero-order valence-corrected chi connectivity index (χ0v) is 15.7. The summed E-state index contributed by atoms with van der Waals surface area (Å²) in [4.78, 5) is 15.8. The number of amides is 1. The van der Waals surface area contributed by atoms with E-state index in [1.54, 1.807) is 12.0 Å². The van der Waals surface area contributed by atoms with Crippen LogP contribution in [-0.4, -0.2) is 69.3 Å². The highest BCUT2D eigenvalue weighted by molar-refractivity contribution is 5.77. The Hall–Kier alpha value is -1.59. The van der Waals surface area contributed by atoms with Gasteiger partial charge in [0.1, 0.15) is 5.75 Å². The maximum atomic E-state index is 11.9. The predicted molar refractivity (Wildman–Crippen MR) is 97.9 cm³/mol. The summed E-state index contributed by atoms with van der Waals surface area (Å²) in [6, 6.07) is 8.26. The molecule has 1 aromatic carbocycles. The first kappa shape index (κ1) is 18.2. The van der Waals surface area contributed by atoms with E-state index in [-0.39, 0.29) is 5.91 Å². The van der Waals surface area contributed by atoms with E-state index >= 15 is 0 Å². The normalized spacial score (nSPS) is 22.9. The third kappa shape index (κ3) is 4.53. The Morgan fingerprint density at radius 1 is 1.36 bits per heavy atom. The molecule has 1 amide bonds. The number of ether oxygens (including phenoxy) is 2. The first-order valence-corrected chi connectivity index (χ1v) is 9.17. The molecular formula is C20H30N2O3. The Morgan fingerprint density at radius 2 is 2.12 bits per heavy atom. The van der Waals surface area contributed by atoms with Gasteiger partial charge in [-0.15, -0.1) is 0 Å². The van der Waals surface area contributed by atoms with Crippen molar-refractivity contribution < 1.29 is 14.3 Å². The van der Waals surface area contributed by atoms with E-state index in [4.69, 9.17) is 9.47 Å². The van der Waals surface area contributed by atoms with Crippen molar-refractivity contribution >= 4 is 5.91 Å². The van der Waals surface area contributed by atoms with Gasteiger partial charge < -0.3 is 14.4 Å². The van der Waals surface area contributed by atoms with Crippen molar-refractivity contribution in [2.75, 3.05) is 47.4 Å². The molecule has 25 heavy (non-hydrogen) atoms. The zero-order chi connectivity index (χ0) is 17.9. The molecule has 2 aliphatic heterocycles. The van der Waals surface area contributed by atoms with Gasteiger partial charge in [0, 0.05) is 14.1 Å². The molecule has 138 valence electrons. The summed E-state index contributed by atoms with van der Waals surface area (Å²) in [6.45, 7) is 3.39. The molecule has 0 saturated carbocycles. The number of hydrogen-bond donors (Lipinski definition) is 0. The SMILES string of the molecule is COc1cccc(CC2CC3(CCN(CC(=O)N(C)C)CC3)CO2)c1. The molecule has 0 aliphatic carbocycles. The topological polar surface area (TPSA) is 42.0 Å². The third-order valence-electron chi connectivity index (χ3n) is 5.66. The molecule has 1 atom stereocenters. The molecule has 0 aromatic heterocycles. The number of carbonyl (C=O) groups excluding carboxylic acids is 1. The number of likely N-dealkylation sites (N-methyl/N-ethyl adjacent to an activating group) is 1. The largest absolute Gasteiger partial charge is 0.497 e. The summed E-state index contributed by atoms with van der Waals surface area (Å²) in [5.74, 6) is 1.10. The highest BCUT2D eigenvalue weighted by Crippen LogP contribution is 2.42. The fourth-order valence-electron chi connectivity index (χ4n) is 3.96. The summed E-state index contributed by atoms with van der Waals surface area (Å²) in [7, 11) is 5.35. The lowest BCUT2D eigenvalue weighted by Crippen LogP contribution is -2.44. The van der Waals surface area contributed by atoms with E-state index in [0.717, 1.165) is 51.1 Å². The number of methoxy groups -OCH3 is 1. The van der Waals surface area contributed by atoms with Crippen LogP contribution in [0.1, 0.15) is 24.8 Å². The van der Waals surface area contributed by atoms with Crippen molar-refractivity contribution in [1.82, 2.24) is 9.80 Å². The average Bonchev–Trinajstić information content (AvgIpc) is 2.99. The second kappa shape index (κ2) is 7.75. The van der Waals surface area contributed by atoms with Crippen LogP contribution < -0.4 is 4.74 Å². The number of hydrogen-bond acceptors (Lipinski definition) is 4. The Bertz CT molecular complexity index is 594. The minimum absolute atomic E-state index is 0.189. The highest BCUT2D eigenvalue weighted by Gasteiger charge is 2.42. The second-order valence-corrected chi connectivity index (χ2v) is 7.76. The zero-order valence-electron chi connectivity index (χ0n) is 15.7. The van der Waals surface area contributed by atoms with Crippen LogP contribution in [0.5, 0.6) is 5.75 Å². The van der Waals surface area contributed by atoms with Gasteiger partial charge in [-0.1, -0.05) is 12.1 Å². The van der Waals surface area contributed by atoms with Gasteiger partial charge in [0.15, 0.2) is 0 Å². The summed E-state index contributed by atoms with van der Waals surface area (Å²) in [5.41, 5.74) is 1.58. The lowest BCUT2D eigenvalue weighted by atomic mass is 9.76. The lowest BCUT2D eigenvalue weighted by molar-refractivity contribution is -0.130. The number of rotatable bonds is 5. The maximum Gasteiger partial charge on any atom is 0.236 e. The number of piperidine rings is 1. The fourth-order valence-corrected chi connectivity index (χ4v) is 3.96. The van der Waals surface area contributed by atoms with Crippen molar-refractivity contribution in [1.29, 1.82) is 0 Å². The van der Waals surface area contributed by atoms with Crippen LogP contribution in [0.25, 0.3) is 0 Å². The summed E-state index contributed by atoms with van der Waals surface area (Å²) in [6.07, 6.45) is 4.62. The molecule has 3 rings (SSSR count). The van der Waals surface area contributed by atoms with E-state index in [1.165, 1.54) is 5.56 Å². The summed E-state index contributed by atoms with van der Waals surface area (Å²) >= 11 is 0. The van der Waals surface area contributed by atoms with Gasteiger partial charge >= 0.3 is 0 Å². The quantitative estimate of drug-likeness (QED) is 0.820. The molecule has 1 spiro atoms. The van der Waals surface area contributed by atoms with Gasteiger partial charge in [-0.2, -0.15) is 0 Å². The average molecular weight is 346 g/mol. The third-order valence-corrected chi connectivity index (χ3v) is 5.66. The van der Waals surface area contributed by atoms with Gasteiger partial charge in [0.25, 0.3) is 0 Å². The van der Waals surface area contributed by atoms with Crippen molar-refractivity contribution in [3.8, 4) is 5.75 Å². The Morgan fingerprint density at radius 3 is 2.80 bits per heavy atom. The Balaban J connectivity index is 1.50. The van der Waals surface area contributed by atoms with Crippen LogP contribution in [0.3, 0.4) is 0 Å². The van der Waals surface area contributed by atoms with Crippen LogP contribution in [0, 0.1) is 5.41 Å². The van der Waals surface area contributed by atoms with Gasteiger partial charge in [-0.25, -0.2) is 0 Å². The smallest absolute Gasteiger partial charge is 0.236 e. The molecule has 2 heterocycles. The number of nitrogens with zero attached hydrogens (tertiary/aromatic N) is 2. The van der Waals surface area contributed by atoms with Crippen molar-refractivity contribution in [3.05, 3.63) is 29.8 Å². The molecule has 0 radical (unpaired) electrons. The van der Waals surface area contributed by atoms with E-state index in [0.29, 0.717) is 18.1 Å². The predicted octanol–water partition coefficient (Wildman–Crippen LogP) is 2.20. The van der Waals surface area contributed by atoms with E-state index in [1.807, 2.05) is 26.2 Å². The van der Waals surface area contributed by atoms with Crippen molar-refractivity contribution in [3.63, 3.8) is 0 Å². The monoisotopic (exact) mass is 346 g/mol. The first-order valence-electron chi connectivity index (χ1n) is 9.17. The summed E-state index contributed by atoms with van der Waals surface area (Å²) in [5, 5.41) is 0. The van der Waals surface area contributed by atoms with Gasteiger partial charge in [0.2, 0.25) is 5.91 Å². The van der Waals surface area contributed by atoms with Crippen molar-refractivity contribution in [2.45, 2.75) is 31.8 Å². The Kier molecular flexibility index (Phi) is 5.64. The summed E-state index contributed by atoms with van der Waals surface area (Å²) < 4.78 is 11.5. The van der Waals surface area contributed by atoms with E-state index < -0.39 is 0 Å². The minimum Gasteiger partial charge on any atom is -0.497 e. The molecule has 2 fully saturated rings. The second-order valence-electron chi connectivity index (χ2n) is 7.76. The molecule has 1 unspecified atom stereocenters. The molecule has 0 N–H and O–H groups in total. The van der Waals surface area contributed by atoms with Gasteiger partial charge in [0.05, 0.1) is 26.4 Å². The number of likely N-dealkylation sites (tertiary alicyclic amines) is 1. The number of carbonyl (C=O) groups is 1. The standard InChI is InChI=1S/C20H30N2O3/c1-21(2)19(23)14-22-9-7-20(8-10-22)13-18(25-15-20)12-16-5-4-6-17(11-16)24-3/h4-6,11,18H,7-10,12-15H2,1-3H3. The van der Waals surface area contributed by atoms with E-state index in [9.17, 15) is 4.79 Å². The molecule has 2 saturated heterocycles. The maximum absolute atomic E-state index is 11.9. The van der Waals surface area contributed by atoms with Gasteiger partial charge in [-0.05, 0) is 61.9 Å². The van der Waals surface area contributed by atoms with Crippen LogP contribution in [0.2, 0.25) is 0 Å². The van der Waals surface area contributed by atoms with Crippen molar-refractivity contribution in [2.24, 2.45) is 5.41 Å². The van der Waals surface area contributed by atoms with Crippen LogP contribution >= 0.6 is 0 Å². The molecule has 5 nitrogen and oxygen atoms in total. The minimum atomic E-state index is 0.189. The molecule has 0 bridgehead atoms. The highest BCUT2D eigenvalue weighted by atomic mass is 16.5. The van der Waals surface area contributed by atoms with E-state index in [2.05, 4.69) is 17.0 Å². The first-order chi connectivity index (χ1) is 12.0. The number of benzene rings is 1. The van der Waals surface area contributed by atoms with Crippen LogP contribution in [0.4, 0.5) is 0 Å². The Labute approximate surface area is 150 Å². The lowest BCUT2D eigenvalue weighted by Gasteiger charge is -2.38.